The van der Waals surface area contributed by atoms with Crippen molar-refractivity contribution in [2.75, 3.05) is 19.6 Å². The van der Waals surface area contributed by atoms with Crippen LogP contribution < -0.4 is 5.32 Å². The van der Waals surface area contributed by atoms with E-state index < -0.39 is 0 Å². The van der Waals surface area contributed by atoms with Crippen molar-refractivity contribution in [3.63, 3.8) is 0 Å². The van der Waals surface area contributed by atoms with Gasteiger partial charge >= 0.3 is 0 Å². The Morgan fingerprint density at radius 2 is 2.33 bits per heavy atom. The van der Waals surface area contributed by atoms with Gasteiger partial charge in [-0.3, -0.25) is 4.90 Å². The van der Waals surface area contributed by atoms with E-state index in [2.05, 4.69) is 43.1 Å². The fourth-order valence-electron chi connectivity index (χ4n) is 2.17. The van der Waals surface area contributed by atoms with Crippen LogP contribution in [-0.2, 0) is 0 Å². The molecule has 2 atom stereocenters. The topological polar surface area (TPSA) is 15.3 Å². The second-order valence-electron chi connectivity index (χ2n) is 4.47. The summed E-state index contributed by atoms with van der Waals surface area (Å²) in [5, 5.41) is 3.49. The minimum atomic E-state index is 0.577. The molecule has 1 aromatic heterocycles. The quantitative estimate of drug-likeness (QED) is 0.830. The van der Waals surface area contributed by atoms with Gasteiger partial charge in [-0.25, -0.2) is 0 Å². The first kappa shape index (κ1) is 11.1. The van der Waals surface area contributed by atoms with Crippen LogP contribution in [0.2, 0.25) is 0 Å². The summed E-state index contributed by atoms with van der Waals surface area (Å²) in [4.78, 5) is 5.49. The summed E-state index contributed by atoms with van der Waals surface area (Å²) in [6.07, 6.45) is 0. The summed E-state index contributed by atoms with van der Waals surface area (Å²) in [6, 6.07) is 5.70. The third-order valence-corrected chi connectivity index (χ3v) is 4.29. The molecule has 0 aliphatic carbocycles. The van der Waals surface area contributed by atoms with Gasteiger partial charge in [-0.05, 0) is 32.9 Å². The molecule has 1 saturated heterocycles. The van der Waals surface area contributed by atoms with Crippen molar-refractivity contribution in [2.24, 2.45) is 0 Å². The number of hydrogen-bond acceptors (Lipinski definition) is 3. The van der Waals surface area contributed by atoms with E-state index in [1.165, 1.54) is 16.3 Å². The Bertz CT molecular complexity index is 321. The number of hydrogen-bond donors (Lipinski definition) is 1. The Labute approximate surface area is 96.3 Å². The second-order valence-corrected chi connectivity index (χ2v) is 5.79. The molecule has 0 aromatic carbocycles. The fourth-order valence-corrected chi connectivity index (χ4v) is 3.14. The van der Waals surface area contributed by atoms with Crippen molar-refractivity contribution in [1.82, 2.24) is 10.2 Å². The lowest BCUT2D eigenvalue weighted by molar-refractivity contribution is 0.161. The van der Waals surface area contributed by atoms with Gasteiger partial charge in [0.15, 0.2) is 0 Å². The van der Waals surface area contributed by atoms with Crippen LogP contribution in [0.1, 0.15) is 29.6 Å². The Morgan fingerprint density at radius 3 is 2.93 bits per heavy atom. The van der Waals surface area contributed by atoms with Crippen LogP contribution in [0.3, 0.4) is 0 Å². The maximum absolute atomic E-state index is 3.49. The van der Waals surface area contributed by atoms with Crippen molar-refractivity contribution in [3.8, 4) is 0 Å². The lowest BCUT2D eigenvalue weighted by Gasteiger charge is -2.35. The van der Waals surface area contributed by atoms with E-state index in [4.69, 9.17) is 0 Å². The molecule has 2 heterocycles. The zero-order valence-corrected chi connectivity index (χ0v) is 10.6. The average Bonchev–Trinajstić information content (AvgIpc) is 2.64. The first-order valence-electron chi connectivity index (χ1n) is 5.70. The third-order valence-electron chi connectivity index (χ3n) is 3.12. The predicted molar refractivity (Wildman–Crippen MR) is 66.5 cm³/mol. The van der Waals surface area contributed by atoms with E-state index in [1.54, 1.807) is 0 Å². The number of thiophene rings is 1. The number of piperazine rings is 1. The Kier molecular flexibility index (Phi) is 3.44. The standard InChI is InChI=1S/C12H20N2S/c1-9-8-14(7-6-13-9)11(3)12-5-4-10(2)15-12/h4-5,9,11,13H,6-8H2,1-3H3. The zero-order valence-electron chi connectivity index (χ0n) is 9.79. The Morgan fingerprint density at radius 1 is 1.53 bits per heavy atom. The van der Waals surface area contributed by atoms with Gasteiger partial charge in [0.1, 0.15) is 0 Å². The van der Waals surface area contributed by atoms with Gasteiger partial charge in [-0.2, -0.15) is 0 Å². The van der Waals surface area contributed by atoms with Gasteiger partial charge in [-0.15, -0.1) is 11.3 Å². The fraction of sp³-hybridized carbons (Fsp3) is 0.667. The molecule has 2 unspecified atom stereocenters. The summed E-state index contributed by atoms with van der Waals surface area (Å²) < 4.78 is 0. The second kappa shape index (κ2) is 4.64. The summed E-state index contributed by atoms with van der Waals surface area (Å²) in [6.45, 7) is 10.2. The maximum atomic E-state index is 3.49. The van der Waals surface area contributed by atoms with Gasteiger partial charge < -0.3 is 5.32 Å². The minimum Gasteiger partial charge on any atom is -0.312 e. The van der Waals surface area contributed by atoms with Crippen LogP contribution in [0, 0.1) is 6.92 Å². The number of aryl methyl sites for hydroxylation is 1. The van der Waals surface area contributed by atoms with Gasteiger partial charge in [0.05, 0.1) is 0 Å². The molecular formula is C12H20N2S. The molecule has 1 N–H and O–H groups in total. The molecule has 2 nitrogen and oxygen atoms in total. The Hall–Kier alpha value is -0.380. The van der Waals surface area contributed by atoms with E-state index in [-0.39, 0.29) is 0 Å². The highest BCUT2D eigenvalue weighted by atomic mass is 32.1. The van der Waals surface area contributed by atoms with E-state index in [0.29, 0.717) is 12.1 Å². The molecule has 1 aliphatic heterocycles. The maximum Gasteiger partial charge on any atom is 0.0414 e. The summed E-state index contributed by atoms with van der Waals surface area (Å²) in [5.74, 6) is 0. The molecule has 0 spiro atoms. The van der Waals surface area contributed by atoms with Gasteiger partial charge in [0.2, 0.25) is 0 Å². The molecule has 1 fully saturated rings. The van der Waals surface area contributed by atoms with Crippen LogP contribution in [-0.4, -0.2) is 30.6 Å². The highest BCUT2D eigenvalue weighted by Gasteiger charge is 2.22. The third kappa shape index (κ3) is 2.60. The molecule has 0 saturated carbocycles. The molecule has 0 radical (unpaired) electrons. The highest BCUT2D eigenvalue weighted by molar-refractivity contribution is 7.12. The van der Waals surface area contributed by atoms with Gasteiger partial charge in [-0.1, -0.05) is 0 Å². The summed E-state index contributed by atoms with van der Waals surface area (Å²) in [7, 11) is 0. The molecule has 3 heteroatoms. The van der Waals surface area contributed by atoms with Crippen LogP contribution in [0.15, 0.2) is 12.1 Å². The Balaban J connectivity index is 2.03. The van der Waals surface area contributed by atoms with Crippen molar-refractivity contribution < 1.29 is 0 Å². The van der Waals surface area contributed by atoms with Crippen molar-refractivity contribution in [1.29, 1.82) is 0 Å². The van der Waals surface area contributed by atoms with E-state index in [0.717, 1.165) is 13.1 Å². The monoisotopic (exact) mass is 224 g/mol. The van der Waals surface area contributed by atoms with Crippen LogP contribution >= 0.6 is 11.3 Å². The summed E-state index contributed by atoms with van der Waals surface area (Å²) >= 11 is 1.93. The first-order chi connectivity index (χ1) is 7.16. The molecule has 84 valence electrons. The normalized spacial score (nSPS) is 25.4. The van der Waals surface area contributed by atoms with E-state index in [9.17, 15) is 0 Å². The highest BCUT2D eigenvalue weighted by Crippen LogP contribution is 2.27. The zero-order chi connectivity index (χ0) is 10.8. The summed E-state index contributed by atoms with van der Waals surface area (Å²) in [5.41, 5.74) is 0. The van der Waals surface area contributed by atoms with Crippen LogP contribution in [0.4, 0.5) is 0 Å². The molecule has 1 aromatic rings. The molecule has 0 amide bonds. The lowest BCUT2D eigenvalue weighted by Crippen LogP contribution is -2.49. The van der Waals surface area contributed by atoms with E-state index >= 15 is 0 Å². The average molecular weight is 224 g/mol. The van der Waals surface area contributed by atoms with E-state index in [1.807, 2.05) is 11.3 Å². The first-order valence-corrected chi connectivity index (χ1v) is 6.52. The predicted octanol–water partition coefficient (Wildman–Crippen LogP) is 2.41. The van der Waals surface area contributed by atoms with Crippen LogP contribution in [0.25, 0.3) is 0 Å². The van der Waals surface area contributed by atoms with Crippen molar-refractivity contribution in [3.05, 3.63) is 21.9 Å². The molecule has 2 rings (SSSR count). The molecule has 15 heavy (non-hydrogen) atoms. The van der Waals surface area contributed by atoms with Gasteiger partial charge in [0.25, 0.3) is 0 Å². The lowest BCUT2D eigenvalue weighted by atomic mass is 10.1. The van der Waals surface area contributed by atoms with Crippen molar-refractivity contribution >= 4 is 11.3 Å². The number of nitrogens with zero attached hydrogens (tertiary/aromatic N) is 1. The largest absolute Gasteiger partial charge is 0.312 e. The smallest absolute Gasteiger partial charge is 0.0414 e. The molecule has 1 aliphatic rings. The molecular weight excluding hydrogens is 204 g/mol. The van der Waals surface area contributed by atoms with Crippen molar-refractivity contribution in [2.45, 2.75) is 32.9 Å². The number of rotatable bonds is 2. The number of nitrogens with one attached hydrogen (secondary N) is 1. The minimum absolute atomic E-state index is 0.577. The van der Waals surface area contributed by atoms with Gasteiger partial charge in [0, 0.05) is 41.5 Å². The van der Waals surface area contributed by atoms with Crippen LogP contribution in [0.5, 0.6) is 0 Å². The SMILES string of the molecule is Cc1ccc(C(C)N2CCNC(C)C2)s1. The molecule has 0 bridgehead atoms.